The number of para-hydroxylation sites is 1. The molecule has 0 radical (unpaired) electrons. The maximum atomic E-state index is 12.6. The molecule has 0 aliphatic rings. The van der Waals surface area contributed by atoms with Crippen molar-refractivity contribution in [3.63, 3.8) is 0 Å². The molecule has 31 heavy (non-hydrogen) atoms. The van der Waals surface area contributed by atoms with Gasteiger partial charge in [-0.2, -0.15) is 10.2 Å². The van der Waals surface area contributed by atoms with Crippen LogP contribution < -0.4 is 15.5 Å². The molecule has 0 saturated carbocycles. The lowest BCUT2D eigenvalue weighted by Gasteiger charge is -2.14. The number of benzene rings is 2. The number of aromatic amines is 1. The third kappa shape index (κ3) is 4.27. The standard InChI is InChI=1S/C23H20N6O2/c1-31-22-13-16(17-14-25-26-15-17)7-8-20(22)29-12-10-21(30)23(28-29)19(9-11-24)27-18-5-3-2-4-6-18/h2-15,24,27H,1H3,(H,25,26)/b19-9-,24-11?. The number of allylic oxidation sites excluding steroid dienone is 1. The average Bonchev–Trinajstić information content (AvgIpc) is 3.35. The van der Waals surface area contributed by atoms with E-state index in [1.54, 1.807) is 30.4 Å². The van der Waals surface area contributed by atoms with Crippen molar-refractivity contribution in [2.45, 2.75) is 0 Å². The van der Waals surface area contributed by atoms with Crippen LogP contribution in [-0.2, 0) is 0 Å². The highest BCUT2D eigenvalue weighted by molar-refractivity contribution is 5.86. The van der Waals surface area contributed by atoms with Gasteiger partial charge in [-0.15, -0.1) is 0 Å². The van der Waals surface area contributed by atoms with E-state index in [1.165, 1.54) is 12.1 Å². The van der Waals surface area contributed by atoms with E-state index in [0.717, 1.165) is 23.0 Å². The van der Waals surface area contributed by atoms with Gasteiger partial charge in [-0.1, -0.05) is 24.3 Å². The van der Waals surface area contributed by atoms with Crippen LogP contribution in [0.1, 0.15) is 5.69 Å². The van der Waals surface area contributed by atoms with Crippen LogP contribution in [0.4, 0.5) is 5.69 Å². The van der Waals surface area contributed by atoms with Crippen molar-refractivity contribution in [2.24, 2.45) is 0 Å². The van der Waals surface area contributed by atoms with E-state index in [2.05, 4.69) is 20.6 Å². The van der Waals surface area contributed by atoms with Crippen molar-refractivity contribution in [3.05, 3.63) is 95.2 Å². The number of rotatable bonds is 7. The Morgan fingerprint density at radius 3 is 2.71 bits per heavy atom. The zero-order chi connectivity index (χ0) is 21.6. The zero-order valence-corrected chi connectivity index (χ0v) is 16.7. The fourth-order valence-corrected chi connectivity index (χ4v) is 3.12. The molecule has 154 valence electrons. The van der Waals surface area contributed by atoms with Gasteiger partial charge in [0.1, 0.15) is 11.4 Å². The van der Waals surface area contributed by atoms with Gasteiger partial charge in [0.2, 0.25) is 5.43 Å². The van der Waals surface area contributed by atoms with Crippen LogP contribution in [0, 0.1) is 5.41 Å². The van der Waals surface area contributed by atoms with Crippen molar-refractivity contribution in [1.29, 1.82) is 5.41 Å². The number of aromatic nitrogens is 4. The summed E-state index contributed by atoms with van der Waals surface area (Å²) >= 11 is 0. The lowest BCUT2D eigenvalue weighted by atomic mass is 10.1. The van der Waals surface area contributed by atoms with E-state index in [4.69, 9.17) is 10.1 Å². The quantitative estimate of drug-likeness (QED) is 0.401. The highest BCUT2D eigenvalue weighted by Crippen LogP contribution is 2.29. The third-order valence-electron chi connectivity index (χ3n) is 4.62. The van der Waals surface area contributed by atoms with Crippen LogP contribution in [0.2, 0.25) is 0 Å². The van der Waals surface area contributed by atoms with Crippen molar-refractivity contribution in [2.75, 3.05) is 12.4 Å². The topological polar surface area (TPSA) is 109 Å². The van der Waals surface area contributed by atoms with Crippen molar-refractivity contribution >= 4 is 17.6 Å². The van der Waals surface area contributed by atoms with Gasteiger partial charge in [0.05, 0.1) is 19.0 Å². The average molecular weight is 412 g/mol. The second-order valence-corrected chi connectivity index (χ2v) is 6.58. The van der Waals surface area contributed by atoms with Gasteiger partial charge in [-0.25, -0.2) is 4.68 Å². The number of anilines is 1. The fraction of sp³-hybridized carbons (Fsp3) is 0.0435. The highest BCUT2D eigenvalue weighted by Gasteiger charge is 2.13. The van der Waals surface area contributed by atoms with E-state index in [0.29, 0.717) is 17.1 Å². The Balaban J connectivity index is 1.76. The highest BCUT2D eigenvalue weighted by atomic mass is 16.5. The molecule has 3 N–H and O–H groups in total. The van der Waals surface area contributed by atoms with Crippen molar-refractivity contribution in [3.8, 4) is 22.6 Å². The van der Waals surface area contributed by atoms with Gasteiger partial charge in [0.25, 0.3) is 0 Å². The molecule has 0 fully saturated rings. The first kappa shape index (κ1) is 19.8. The third-order valence-corrected chi connectivity index (χ3v) is 4.62. The van der Waals surface area contributed by atoms with Crippen molar-refractivity contribution in [1.82, 2.24) is 20.0 Å². The molecule has 0 amide bonds. The van der Waals surface area contributed by atoms with Crippen LogP contribution in [0.15, 0.2) is 84.1 Å². The minimum atomic E-state index is -0.262. The van der Waals surface area contributed by atoms with Crippen LogP contribution in [0.25, 0.3) is 22.5 Å². The molecule has 0 aliphatic carbocycles. The second-order valence-electron chi connectivity index (χ2n) is 6.58. The second kappa shape index (κ2) is 8.91. The van der Waals surface area contributed by atoms with Crippen LogP contribution >= 0.6 is 0 Å². The first-order chi connectivity index (χ1) is 15.2. The minimum Gasteiger partial charge on any atom is -0.494 e. The van der Waals surface area contributed by atoms with E-state index in [9.17, 15) is 4.79 Å². The van der Waals surface area contributed by atoms with E-state index in [-0.39, 0.29) is 11.1 Å². The summed E-state index contributed by atoms with van der Waals surface area (Å²) < 4.78 is 7.16. The van der Waals surface area contributed by atoms with Gasteiger partial charge >= 0.3 is 0 Å². The Kier molecular flexibility index (Phi) is 5.70. The molecule has 0 unspecified atom stereocenters. The number of methoxy groups -OCH3 is 1. The molecular formula is C23H20N6O2. The number of H-pyrrole nitrogens is 1. The first-order valence-corrected chi connectivity index (χ1v) is 9.50. The summed E-state index contributed by atoms with van der Waals surface area (Å²) in [7, 11) is 1.58. The Morgan fingerprint density at radius 1 is 1.16 bits per heavy atom. The normalized spacial score (nSPS) is 11.2. The molecule has 4 rings (SSSR count). The maximum Gasteiger partial charge on any atom is 0.209 e. The van der Waals surface area contributed by atoms with Crippen LogP contribution in [0.5, 0.6) is 5.75 Å². The molecule has 0 bridgehead atoms. The Bertz CT molecular complexity index is 1280. The summed E-state index contributed by atoms with van der Waals surface area (Å²) in [6.45, 7) is 0. The van der Waals surface area contributed by atoms with Gasteiger partial charge in [0.15, 0.2) is 5.69 Å². The smallest absolute Gasteiger partial charge is 0.209 e. The zero-order valence-electron chi connectivity index (χ0n) is 16.7. The first-order valence-electron chi connectivity index (χ1n) is 9.50. The molecule has 0 aliphatic heterocycles. The molecule has 2 aromatic heterocycles. The fourth-order valence-electron chi connectivity index (χ4n) is 3.12. The summed E-state index contributed by atoms with van der Waals surface area (Å²) in [6, 6.07) is 16.5. The predicted octanol–water partition coefficient (Wildman–Crippen LogP) is 3.73. The Labute approximate surface area is 178 Å². The summed E-state index contributed by atoms with van der Waals surface area (Å²) in [5, 5.41) is 22.0. The van der Waals surface area contributed by atoms with Crippen LogP contribution in [0.3, 0.4) is 0 Å². The number of nitrogens with zero attached hydrogens (tertiary/aromatic N) is 3. The van der Waals surface area contributed by atoms with Gasteiger partial charge in [0, 0.05) is 35.9 Å². The number of hydrogen-bond donors (Lipinski definition) is 3. The van der Waals surface area contributed by atoms with Gasteiger partial charge in [-0.05, 0) is 35.9 Å². The summed E-state index contributed by atoms with van der Waals surface area (Å²) in [5.74, 6) is 0.592. The SMILES string of the molecule is COc1cc(-c2cn[nH]c2)ccc1-n1ccc(=O)c(/C(=C/C=N)Nc2ccccc2)n1. The largest absolute Gasteiger partial charge is 0.494 e. The number of hydrogen-bond acceptors (Lipinski definition) is 6. The summed E-state index contributed by atoms with van der Waals surface area (Å²) in [4.78, 5) is 12.6. The number of nitrogens with one attached hydrogen (secondary N) is 3. The Hall–Kier alpha value is -4.46. The molecule has 4 aromatic rings. The molecule has 8 heteroatoms. The van der Waals surface area contributed by atoms with Crippen molar-refractivity contribution < 1.29 is 4.74 Å². The van der Waals surface area contributed by atoms with Gasteiger partial charge < -0.3 is 15.5 Å². The lowest BCUT2D eigenvalue weighted by molar-refractivity contribution is 0.411. The van der Waals surface area contributed by atoms with Gasteiger partial charge in [-0.3, -0.25) is 9.89 Å². The van der Waals surface area contributed by atoms with Crippen LogP contribution in [-0.4, -0.2) is 33.3 Å². The summed E-state index contributed by atoms with van der Waals surface area (Å²) in [6.07, 6.45) is 7.73. The lowest BCUT2D eigenvalue weighted by Crippen LogP contribution is -2.18. The number of ether oxygens (including phenoxy) is 1. The molecule has 0 saturated heterocycles. The molecule has 2 aromatic carbocycles. The van der Waals surface area contributed by atoms with E-state index in [1.807, 2.05) is 48.5 Å². The molecule has 0 spiro atoms. The van der Waals surface area contributed by atoms with E-state index < -0.39 is 0 Å². The molecule has 2 heterocycles. The molecule has 0 atom stereocenters. The van der Waals surface area contributed by atoms with E-state index >= 15 is 0 Å². The molecular weight excluding hydrogens is 392 g/mol. The molecule has 8 nitrogen and oxygen atoms in total. The minimum absolute atomic E-state index is 0.191. The maximum absolute atomic E-state index is 12.6. The predicted molar refractivity (Wildman–Crippen MR) is 121 cm³/mol. The summed E-state index contributed by atoms with van der Waals surface area (Å²) in [5.41, 5.74) is 3.68. The monoisotopic (exact) mass is 412 g/mol. The Morgan fingerprint density at radius 2 is 2.00 bits per heavy atom.